The average molecular weight is 863 g/mol. The summed E-state index contributed by atoms with van der Waals surface area (Å²) in [6.07, 6.45) is 2.37. The fourth-order valence-corrected chi connectivity index (χ4v) is 14.1. The average Bonchev–Trinajstić information content (AvgIpc) is 3.88. The molecule has 0 N–H and O–H groups in total. The molecule has 2 aromatic heterocycles. The van der Waals surface area contributed by atoms with Gasteiger partial charge in [-0.2, -0.15) is 0 Å². The van der Waals surface area contributed by atoms with Crippen molar-refractivity contribution >= 4 is 82.5 Å². The molecule has 4 aliphatic rings. The summed E-state index contributed by atoms with van der Waals surface area (Å²) >= 11 is 1.94. The predicted molar refractivity (Wildman–Crippen MR) is 283 cm³/mol. The molecule has 2 nitrogen and oxygen atoms in total. The zero-order chi connectivity index (χ0) is 45.1. The van der Waals surface area contributed by atoms with Gasteiger partial charge in [0, 0.05) is 59.0 Å². The van der Waals surface area contributed by atoms with Crippen LogP contribution >= 0.6 is 11.3 Å². The molecule has 4 heterocycles. The van der Waals surface area contributed by atoms with Crippen molar-refractivity contribution in [1.82, 2.24) is 4.57 Å². The van der Waals surface area contributed by atoms with Crippen LogP contribution in [0.5, 0.6) is 0 Å². The summed E-state index contributed by atoms with van der Waals surface area (Å²) in [5.41, 5.74) is 23.6. The first kappa shape index (κ1) is 39.8. The van der Waals surface area contributed by atoms with Crippen LogP contribution in [-0.2, 0) is 27.1 Å². The number of thiophene rings is 1. The summed E-state index contributed by atoms with van der Waals surface area (Å²) in [5, 5.41) is 5.51. The number of hydrogen-bond acceptors (Lipinski definition) is 2. The van der Waals surface area contributed by atoms with E-state index < -0.39 is 0 Å². The number of aromatic nitrogens is 1. The van der Waals surface area contributed by atoms with Crippen LogP contribution in [0.15, 0.2) is 115 Å². The van der Waals surface area contributed by atoms with E-state index in [1.165, 1.54) is 138 Å². The lowest BCUT2D eigenvalue weighted by Gasteiger charge is -2.44. The van der Waals surface area contributed by atoms with Gasteiger partial charge in [-0.05, 0) is 144 Å². The Morgan fingerprint density at radius 1 is 0.554 bits per heavy atom. The molecule has 322 valence electrons. The lowest BCUT2D eigenvalue weighted by atomic mass is 9.43. The summed E-state index contributed by atoms with van der Waals surface area (Å²) in [7, 11) is 0. The van der Waals surface area contributed by atoms with Crippen LogP contribution in [0.25, 0.3) is 69.9 Å². The molecular formula is C61H59BN2S. The summed E-state index contributed by atoms with van der Waals surface area (Å²) < 4.78 is 5.44. The summed E-state index contributed by atoms with van der Waals surface area (Å²) in [6.45, 7) is 29.0. The van der Waals surface area contributed by atoms with Crippen molar-refractivity contribution in [3.05, 3.63) is 149 Å². The first-order valence-corrected chi connectivity index (χ1v) is 24.9. The fraction of sp³-hybridized carbons (Fsp3) is 0.311. The topological polar surface area (TPSA) is 8.17 Å². The third-order valence-electron chi connectivity index (χ3n) is 16.7. The van der Waals surface area contributed by atoms with Gasteiger partial charge in [-0.25, -0.2) is 0 Å². The SMILES string of the molecule is CC(C)(C)c1ccc(N2B3c4cc(C(C)(C)C)ccc4-n4c5cc6c(cc5c5c7c(c(c3c54)-c3cc4sc5ccccc5c4cc32)C(C)(C)c2ccccc2-7)C(C)(C)CCC6(C)C)cc1. The molecule has 0 radical (unpaired) electrons. The predicted octanol–water partition coefficient (Wildman–Crippen LogP) is 15.6. The van der Waals surface area contributed by atoms with Crippen LogP contribution in [0.1, 0.15) is 129 Å². The number of benzene rings is 7. The number of fused-ring (bicyclic) bond motifs is 17. The van der Waals surface area contributed by atoms with Crippen molar-refractivity contribution in [2.75, 3.05) is 4.81 Å². The van der Waals surface area contributed by atoms with E-state index in [2.05, 4.69) is 208 Å². The Labute approximate surface area is 389 Å². The molecule has 4 heteroatoms. The van der Waals surface area contributed by atoms with Gasteiger partial charge in [0.15, 0.2) is 0 Å². The van der Waals surface area contributed by atoms with Crippen LogP contribution in [0.4, 0.5) is 11.4 Å². The molecule has 2 aliphatic carbocycles. The third-order valence-corrected chi connectivity index (χ3v) is 17.8. The molecule has 9 aromatic rings. The van der Waals surface area contributed by atoms with Crippen molar-refractivity contribution in [3.8, 4) is 27.9 Å². The zero-order valence-corrected chi connectivity index (χ0v) is 41.1. The maximum absolute atomic E-state index is 2.76. The minimum absolute atomic E-state index is 0.0318. The van der Waals surface area contributed by atoms with Gasteiger partial charge >= 0.3 is 6.85 Å². The second kappa shape index (κ2) is 12.4. The first-order chi connectivity index (χ1) is 30.8. The van der Waals surface area contributed by atoms with Gasteiger partial charge in [0.25, 0.3) is 0 Å². The molecule has 0 saturated carbocycles. The van der Waals surface area contributed by atoms with Crippen molar-refractivity contribution in [2.24, 2.45) is 0 Å². The van der Waals surface area contributed by atoms with Crippen molar-refractivity contribution in [3.63, 3.8) is 0 Å². The van der Waals surface area contributed by atoms with Gasteiger partial charge in [0.2, 0.25) is 0 Å². The molecule has 65 heavy (non-hydrogen) atoms. The normalized spacial score (nSPS) is 17.4. The molecule has 7 aromatic carbocycles. The molecule has 0 amide bonds. The maximum atomic E-state index is 2.76. The minimum atomic E-state index is -0.239. The van der Waals surface area contributed by atoms with E-state index in [9.17, 15) is 0 Å². The van der Waals surface area contributed by atoms with E-state index in [1.807, 2.05) is 11.3 Å². The number of rotatable bonds is 1. The van der Waals surface area contributed by atoms with E-state index >= 15 is 0 Å². The van der Waals surface area contributed by atoms with E-state index in [1.54, 1.807) is 0 Å². The van der Waals surface area contributed by atoms with Gasteiger partial charge in [-0.3, -0.25) is 0 Å². The summed E-state index contributed by atoms with van der Waals surface area (Å²) in [4.78, 5) is 2.76. The standard InChI is InChI=1S/C61H59BN2S/c1-57(2,3)34-21-24-36(25-22-34)64-48-31-39-37-17-14-16-20-49(37)65-50(39)32-41(48)53-54-51(38-18-13-15-19-42(38)61(54,11)12)52-40-30-43-44(60(9,10)28-27-59(43,7)8)33-47(40)63-46-26-23-35(58(4,5)6)29-45(46)62(64)55(53)56(52)63/h13-26,29-33H,27-28H2,1-12H3. The Morgan fingerprint density at radius 3 is 1.94 bits per heavy atom. The largest absolute Gasteiger partial charge is 0.376 e. The van der Waals surface area contributed by atoms with Crippen molar-refractivity contribution < 1.29 is 0 Å². The molecule has 2 aliphatic heterocycles. The number of hydrogen-bond donors (Lipinski definition) is 0. The first-order valence-electron chi connectivity index (χ1n) is 24.1. The third kappa shape index (κ3) is 5.13. The minimum Gasteiger partial charge on any atom is -0.376 e. The molecule has 0 saturated heterocycles. The zero-order valence-electron chi connectivity index (χ0n) is 40.3. The quantitative estimate of drug-likeness (QED) is 0.149. The molecule has 0 bridgehead atoms. The maximum Gasteiger partial charge on any atom is 0.333 e. The highest BCUT2D eigenvalue weighted by Crippen LogP contribution is 2.60. The highest BCUT2D eigenvalue weighted by Gasteiger charge is 2.51. The Kier molecular flexibility index (Phi) is 7.61. The summed E-state index contributed by atoms with van der Waals surface area (Å²) in [6, 6.07) is 46.1. The van der Waals surface area contributed by atoms with Crippen LogP contribution in [0, 0.1) is 0 Å². The summed E-state index contributed by atoms with van der Waals surface area (Å²) in [5.74, 6) is 0. The van der Waals surface area contributed by atoms with Gasteiger partial charge in [0.05, 0.1) is 11.0 Å². The monoisotopic (exact) mass is 862 g/mol. The van der Waals surface area contributed by atoms with Crippen LogP contribution in [0.3, 0.4) is 0 Å². The van der Waals surface area contributed by atoms with Gasteiger partial charge in [0.1, 0.15) is 0 Å². The molecule has 13 rings (SSSR count). The second-order valence-electron chi connectivity index (χ2n) is 24.0. The Hall–Kier alpha value is -5.58. The highest BCUT2D eigenvalue weighted by atomic mass is 32.1. The van der Waals surface area contributed by atoms with Gasteiger partial charge < -0.3 is 9.38 Å². The second-order valence-corrected chi connectivity index (χ2v) is 25.1. The number of anilines is 2. The molecule has 0 fully saturated rings. The van der Waals surface area contributed by atoms with Crippen molar-refractivity contribution in [2.45, 2.75) is 123 Å². The smallest absolute Gasteiger partial charge is 0.333 e. The van der Waals surface area contributed by atoms with Crippen LogP contribution in [0.2, 0.25) is 0 Å². The van der Waals surface area contributed by atoms with Crippen LogP contribution < -0.4 is 15.7 Å². The fourth-order valence-electron chi connectivity index (χ4n) is 13.0. The van der Waals surface area contributed by atoms with E-state index in [0.717, 1.165) is 0 Å². The Balaban J connectivity index is 1.29. The lowest BCUT2D eigenvalue weighted by Crippen LogP contribution is -2.61. The molecule has 0 atom stereocenters. The Bertz CT molecular complexity index is 3600. The van der Waals surface area contributed by atoms with Crippen LogP contribution in [-0.4, -0.2) is 11.4 Å². The molecule has 0 unspecified atom stereocenters. The lowest BCUT2D eigenvalue weighted by molar-refractivity contribution is 0.332. The van der Waals surface area contributed by atoms with E-state index in [0.29, 0.717) is 0 Å². The van der Waals surface area contributed by atoms with E-state index in [4.69, 9.17) is 0 Å². The number of nitrogens with zero attached hydrogens (tertiary/aromatic N) is 2. The van der Waals surface area contributed by atoms with E-state index in [-0.39, 0.29) is 33.9 Å². The Morgan fingerprint density at radius 2 is 1.22 bits per heavy atom. The van der Waals surface area contributed by atoms with Gasteiger partial charge in [-0.1, -0.05) is 150 Å². The molecule has 0 spiro atoms. The van der Waals surface area contributed by atoms with Gasteiger partial charge in [-0.15, -0.1) is 11.3 Å². The molecular weight excluding hydrogens is 804 g/mol. The highest BCUT2D eigenvalue weighted by molar-refractivity contribution is 7.25. The van der Waals surface area contributed by atoms with Crippen molar-refractivity contribution in [1.29, 1.82) is 0 Å².